The zero-order chi connectivity index (χ0) is 18.9. The van der Waals surface area contributed by atoms with Crippen molar-refractivity contribution in [2.75, 3.05) is 0 Å². The van der Waals surface area contributed by atoms with E-state index in [1.54, 1.807) is 0 Å². The molecule has 0 amide bonds. The monoisotopic (exact) mass is 348 g/mol. The fourth-order valence-corrected chi connectivity index (χ4v) is 3.68. The Morgan fingerprint density at radius 3 is 2.24 bits per heavy atom. The number of rotatable bonds is 3. The number of hydrogen-bond acceptors (Lipinski definition) is 1. The highest BCUT2D eigenvalue weighted by atomic mass is 32.1. The number of allylic oxidation sites excluding steroid dienone is 2. The second-order valence-electron chi connectivity index (χ2n) is 6.92. The Bertz CT molecular complexity index is 1050. The van der Waals surface area contributed by atoms with Crippen LogP contribution in [0, 0.1) is 6.92 Å². The molecule has 0 radical (unpaired) electrons. The second-order valence-corrected chi connectivity index (χ2v) is 7.41. The Morgan fingerprint density at radius 2 is 1.72 bits per heavy atom. The van der Waals surface area contributed by atoms with Crippen molar-refractivity contribution < 1.29 is 0 Å². The van der Waals surface area contributed by atoms with E-state index in [0.29, 0.717) is 5.92 Å². The van der Waals surface area contributed by atoms with Gasteiger partial charge >= 0.3 is 0 Å². The summed E-state index contributed by atoms with van der Waals surface area (Å²) in [4.78, 5) is 0.972. The minimum absolute atomic E-state index is 0.479. The van der Waals surface area contributed by atoms with Gasteiger partial charge in [-0.3, -0.25) is 0 Å². The zero-order valence-corrected chi connectivity index (χ0v) is 16.9. The topological polar surface area (TPSA) is 0 Å². The average Bonchev–Trinajstić information content (AvgIpc) is 2.55. The van der Waals surface area contributed by atoms with Crippen molar-refractivity contribution in [3.63, 3.8) is 0 Å². The lowest BCUT2D eigenvalue weighted by molar-refractivity contribution is 0.863. The summed E-state index contributed by atoms with van der Waals surface area (Å²) in [6.07, 6.45) is 4.13. The summed E-state index contributed by atoms with van der Waals surface area (Å²) in [5, 5.41) is 4.02. The summed E-state index contributed by atoms with van der Waals surface area (Å²) in [6.45, 7) is 23.6. The summed E-state index contributed by atoms with van der Waals surface area (Å²) >= 11 is 4.75. The van der Waals surface area contributed by atoms with Gasteiger partial charge in [0.15, 0.2) is 0 Å². The Kier molecular flexibility index (Phi) is 5.80. The van der Waals surface area contributed by atoms with E-state index in [1.165, 1.54) is 11.1 Å². The highest BCUT2D eigenvalue weighted by Gasteiger charge is 2.11. The fourth-order valence-electron chi connectivity index (χ4n) is 3.34. The number of benzene rings is 2. The van der Waals surface area contributed by atoms with Gasteiger partial charge in [-0.15, -0.1) is 12.6 Å². The van der Waals surface area contributed by atoms with E-state index in [-0.39, 0.29) is 0 Å². The van der Waals surface area contributed by atoms with Gasteiger partial charge in [0.1, 0.15) is 0 Å². The first-order chi connectivity index (χ1) is 11.7. The van der Waals surface area contributed by atoms with Gasteiger partial charge in [-0.05, 0) is 81.5 Å². The normalized spacial score (nSPS) is 12.9. The quantitative estimate of drug-likeness (QED) is 0.795. The molecule has 0 N–H and O–H groups in total. The van der Waals surface area contributed by atoms with Crippen LogP contribution in [0.5, 0.6) is 0 Å². The van der Waals surface area contributed by atoms with E-state index in [2.05, 4.69) is 71.7 Å². The molecular formula is C24H28S. The predicted octanol–water partition coefficient (Wildman–Crippen LogP) is 4.05. The first-order valence-electron chi connectivity index (χ1n) is 8.67. The second kappa shape index (κ2) is 7.49. The van der Waals surface area contributed by atoms with Crippen LogP contribution in [0.2, 0.25) is 0 Å². The van der Waals surface area contributed by atoms with Gasteiger partial charge in [0, 0.05) is 4.90 Å². The molecule has 0 nitrogen and oxygen atoms in total. The van der Waals surface area contributed by atoms with Crippen molar-refractivity contribution in [2.45, 2.75) is 45.4 Å². The van der Waals surface area contributed by atoms with Gasteiger partial charge in [-0.2, -0.15) is 0 Å². The highest BCUT2D eigenvalue weighted by molar-refractivity contribution is 7.80. The average molecular weight is 349 g/mol. The first-order valence-corrected chi connectivity index (χ1v) is 9.11. The predicted molar refractivity (Wildman–Crippen MR) is 117 cm³/mol. The lowest BCUT2D eigenvalue weighted by atomic mass is 9.92. The van der Waals surface area contributed by atoms with Crippen LogP contribution in [0.25, 0.3) is 36.4 Å². The third kappa shape index (κ3) is 3.52. The van der Waals surface area contributed by atoms with Crippen molar-refractivity contribution in [1.29, 1.82) is 0 Å². The molecule has 130 valence electrons. The summed E-state index contributed by atoms with van der Waals surface area (Å²) in [5.41, 5.74) is 5.80. The largest absolute Gasteiger partial charge is 0.143 e. The molecule has 0 unspecified atom stereocenters. The Hall–Kier alpha value is -1.99. The molecule has 0 fully saturated rings. The smallest absolute Gasteiger partial charge is 0.0122 e. The summed E-state index contributed by atoms with van der Waals surface area (Å²) in [6, 6.07) is 6.48. The van der Waals surface area contributed by atoms with E-state index in [4.69, 9.17) is 12.6 Å². The highest BCUT2D eigenvalue weighted by Crippen LogP contribution is 2.28. The molecule has 2 aromatic rings. The van der Waals surface area contributed by atoms with Crippen molar-refractivity contribution in [1.82, 2.24) is 0 Å². The van der Waals surface area contributed by atoms with Crippen molar-refractivity contribution in [3.05, 3.63) is 62.4 Å². The van der Waals surface area contributed by atoms with Gasteiger partial charge in [-0.25, -0.2) is 0 Å². The van der Waals surface area contributed by atoms with Crippen LogP contribution in [-0.4, -0.2) is 0 Å². The number of thiol groups is 1. The third-order valence-electron chi connectivity index (χ3n) is 4.87. The van der Waals surface area contributed by atoms with Crippen LogP contribution in [0.3, 0.4) is 0 Å². The maximum Gasteiger partial charge on any atom is 0.0122 e. The summed E-state index contributed by atoms with van der Waals surface area (Å²) in [7, 11) is 0. The van der Waals surface area contributed by atoms with Crippen LogP contribution in [0.15, 0.2) is 35.2 Å². The molecule has 25 heavy (non-hydrogen) atoms. The SMILES string of the molecule is C=c1c(-c2ccc(C(C)C)cc2S)c(C)c(=C)/c(=C(C)/C=C\C)c1=C. The van der Waals surface area contributed by atoms with Gasteiger partial charge < -0.3 is 0 Å². The molecule has 2 aromatic carbocycles. The fraction of sp³-hybridized carbons (Fsp3) is 0.250. The van der Waals surface area contributed by atoms with E-state index in [1.807, 2.05) is 13.0 Å². The van der Waals surface area contributed by atoms with E-state index >= 15 is 0 Å². The molecule has 0 spiro atoms. The lowest BCUT2D eigenvalue weighted by Gasteiger charge is -2.15. The van der Waals surface area contributed by atoms with Gasteiger partial charge in [0.05, 0.1) is 0 Å². The van der Waals surface area contributed by atoms with Crippen molar-refractivity contribution in [2.24, 2.45) is 0 Å². The molecule has 0 saturated carbocycles. The molecular weight excluding hydrogens is 320 g/mol. The molecule has 0 atom stereocenters. The Labute approximate surface area is 157 Å². The van der Waals surface area contributed by atoms with Crippen LogP contribution in [0.1, 0.15) is 44.7 Å². The van der Waals surface area contributed by atoms with Crippen LogP contribution in [-0.2, 0) is 0 Å². The molecule has 0 aromatic heterocycles. The Balaban J connectivity index is 2.93. The van der Waals surface area contributed by atoms with Crippen LogP contribution in [0.4, 0.5) is 0 Å². The van der Waals surface area contributed by atoms with E-state index in [9.17, 15) is 0 Å². The summed E-state index contributed by atoms with van der Waals surface area (Å²) in [5.74, 6) is 0.479. The van der Waals surface area contributed by atoms with Crippen LogP contribution < -0.4 is 20.9 Å². The molecule has 0 aliphatic rings. The maximum absolute atomic E-state index is 4.75. The third-order valence-corrected chi connectivity index (χ3v) is 5.24. The first kappa shape index (κ1) is 19.3. The van der Waals surface area contributed by atoms with Gasteiger partial charge in [0.2, 0.25) is 0 Å². The molecule has 0 saturated heterocycles. The standard InChI is InChI=1S/C24H28S/c1-9-10-15(4)23-16(5)18(7)24(19(8)17(23)6)21-12-11-20(14(2)3)13-22(21)25/h9-14,25H,5-7H2,1-4,8H3/b10-9-,23-15+. The Morgan fingerprint density at radius 1 is 1.08 bits per heavy atom. The summed E-state index contributed by atoms with van der Waals surface area (Å²) < 4.78 is 0. The molecule has 0 aliphatic heterocycles. The van der Waals surface area contributed by atoms with E-state index in [0.717, 1.165) is 42.5 Å². The molecule has 0 heterocycles. The van der Waals surface area contributed by atoms with Gasteiger partial charge in [-0.1, -0.05) is 57.9 Å². The zero-order valence-electron chi connectivity index (χ0n) is 16.0. The molecule has 0 bridgehead atoms. The lowest BCUT2D eigenvalue weighted by Crippen LogP contribution is -2.49. The van der Waals surface area contributed by atoms with E-state index < -0.39 is 0 Å². The molecule has 2 rings (SSSR count). The van der Waals surface area contributed by atoms with Gasteiger partial charge in [0.25, 0.3) is 0 Å². The van der Waals surface area contributed by atoms with Crippen molar-refractivity contribution in [3.8, 4) is 11.1 Å². The van der Waals surface area contributed by atoms with Crippen molar-refractivity contribution >= 4 is 37.9 Å². The minimum atomic E-state index is 0.479. The van der Waals surface area contributed by atoms with Crippen LogP contribution >= 0.6 is 12.6 Å². The minimum Gasteiger partial charge on any atom is -0.143 e. The molecule has 0 aliphatic carbocycles. The number of hydrogen-bond donors (Lipinski definition) is 1. The maximum atomic E-state index is 4.75. The molecule has 1 heteroatoms.